The zero-order valence-corrected chi connectivity index (χ0v) is 12.9. The van der Waals surface area contributed by atoms with Gasteiger partial charge in [0.1, 0.15) is 0 Å². The van der Waals surface area contributed by atoms with Crippen molar-refractivity contribution >= 4 is 22.9 Å². The summed E-state index contributed by atoms with van der Waals surface area (Å²) in [5.74, 6) is 0.447. The van der Waals surface area contributed by atoms with Gasteiger partial charge in [0.15, 0.2) is 16.3 Å². The minimum absolute atomic E-state index is 0.327. The first kappa shape index (κ1) is 15.8. The first-order valence-corrected chi connectivity index (χ1v) is 7.43. The molecule has 0 spiro atoms. The molecule has 0 saturated carbocycles. The van der Waals surface area contributed by atoms with E-state index in [1.807, 2.05) is 0 Å². The van der Waals surface area contributed by atoms with Gasteiger partial charge in [-0.1, -0.05) is 11.8 Å². The molecule has 0 fully saturated rings. The first-order valence-electron chi connectivity index (χ1n) is 6.45. The Hall–Kier alpha value is -1.58. The third kappa shape index (κ3) is 3.20. The minimum Gasteiger partial charge on any atom is -0.393 e. The largest absolute Gasteiger partial charge is 0.393 e. The molecule has 0 bridgehead atoms. The van der Waals surface area contributed by atoms with Crippen molar-refractivity contribution in [2.75, 3.05) is 19.5 Å². The zero-order valence-electron chi connectivity index (χ0n) is 12.1. The predicted molar refractivity (Wildman–Crippen MR) is 79.9 cm³/mol. The number of aliphatic hydroxyl groups excluding tert-OH is 1. The molecule has 0 amide bonds. The van der Waals surface area contributed by atoms with Gasteiger partial charge in [-0.05, 0) is 6.92 Å². The van der Waals surface area contributed by atoms with Crippen molar-refractivity contribution in [1.82, 2.24) is 19.1 Å². The SMILES string of the molecule is COCCn1c(SCC(C)O)nc2c1c(=O)[nH]c(=O)n2C. The summed E-state index contributed by atoms with van der Waals surface area (Å²) >= 11 is 1.33. The van der Waals surface area contributed by atoms with Crippen molar-refractivity contribution in [2.45, 2.75) is 24.7 Å². The molecule has 0 radical (unpaired) electrons. The number of aromatic nitrogens is 4. The van der Waals surface area contributed by atoms with Crippen LogP contribution in [0.3, 0.4) is 0 Å². The maximum absolute atomic E-state index is 12.1. The molecule has 2 rings (SSSR count). The van der Waals surface area contributed by atoms with Gasteiger partial charge >= 0.3 is 5.69 Å². The molecule has 21 heavy (non-hydrogen) atoms. The van der Waals surface area contributed by atoms with E-state index in [9.17, 15) is 14.7 Å². The van der Waals surface area contributed by atoms with Crippen molar-refractivity contribution in [3.63, 3.8) is 0 Å². The number of H-pyrrole nitrogens is 1. The van der Waals surface area contributed by atoms with Crippen LogP contribution in [0.5, 0.6) is 0 Å². The molecule has 1 unspecified atom stereocenters. The Balaban J connectivity index is 2.61. The van der Waals surface area contributed by atoms with E-state index < -0.39 is 17.4 Å². The summed E-state index contributed by atoms with van der Waals surface area (Å²) < 4.78 is 8.06. The van der Waals surface area contributed by atoms with Crippen molar-refractivity contribution < 1.29 is 9.84 Å². The van der Waals surface area contributed by atoms with Crippen molar-refractivity contribution in [1.29, 1.82) is 0 Å². The second-order valence-electron chi connectivity index (χ2n) is 4.69. The number of aryl methyl sites for hydroxylation is 1. The molecule has 1 atom stereocenters. The molecule has 2 aromatic heterocycles. The number of hydrogen-bond acceptors (Lipinski definition) is 6. The number of methoxy groups -OCH3 is 1. The van der Waals surface area contributed by atoms with Crippen LogP contribution < -0.4 is 11.2 Å². The standard InChI is InChI=1S/C12H18N4O4S/c1-7(17)6-21-12-13-9-8(16(12)4-5-20-3)10(18)14-11(19)15(9)2/h7,17H,4-6H2,1-3H3,(H,14,18,19). The Bertz CT molecular complexity index is 746. The molecule has 2 heterocycles. The average molecular weight is 314 g/mol. The summed E-state index contributed by atoms with van der Waals surface area (Å²) in [6, 6.07) is 0. The quantitative estimate of drug-likeness (QED) is 0.700. The first-order chi connectivity index (χ1) is 9.95. The van der Waals surface area contributed by atoms with E-state index in [-0.39, 0.29) is 0 Å². The molecule has 2 aromatic rings. The summed E-state index contributed by atoms with van der Waals surface area (Å²) in [6.07, 6.45) is -0.493. The predicted octanol–water partition coefficient (Wildman–Crippen LogP) is -0.457. The summed E-state index contributed by atoms with van der Waals surface area (Å²) in [7, 11) is 3.12. The minimum atomic E-state index is -0.504. The number of rotatable bonds is 6. The van der Waals surface area contributed by atoms with Crippen LogP contribution in [0.25, 0.3) is 11.2 Å². The van der Waals surface area contributed by atoms with Gasteiger partial charge in [-0.15, -0.1) is 0 Å². The molecule has 0 saturated heterocycles. The topological polar surface area (TPSA) is 102 Å². The number of nitrogens with zero attached hydrogens (tertiary/aromatic N) is 3. The Morgan fingerprint density at radius 3 is 2.81 bits per heavy atom. The number of fused-ring (bicyclic) bond motifs is 1. The third-order valence-corrected chi connectivity index (χ3v) is 4.16. The maximum atomic E-state index is 12.1. The lowest BCUT2D eigenvalue weighted by Crippen LogP contribution is -2.29. The molecule has 0 aliphatic heterocycles. The van der Waals surface area contributed by atoms with Gasteiger partial charge in [-0.2, -0.15) is 0 Å². The number of nitrogens with one attached hydrogen (secondary N) is 1. The molecule has 0 aliphatic rings. The molecule has 116 valence electrons. The van der Waals surface area contributed by atoms with E-state index in [1.165, 1.54) is 16.3 Å². The lowest BCUT2D eigenvalue weighted by Gasteiger charge is -2.08. The molecule has 2 N–H and O–H groups in total. The van der Waals surface area contributed by atoms with Gasteiger partial charge in [0, 0.05) is 26.5 Å². The smallest absolute Gasteiger partial charge is 0.329 e. The summed E-state index contributed by atoms with van der Waals surface area (Å²) in [5.41, 5.74) is -0.313. The van der Waals surface area contributed by atoms with Gasteiger partial charge < -0.3 is 14.4 Å². The van der Waals surface area contributed by atoms with Crippen LogP contribution in [0.15, 0.2) is 14.7 Å². The maximum Gasteiger partial charge on any atom is 0.329 e. The fraction of sp³-hybridized carbons (Fsp3) is 0.583. The van der Waals surface area contributed by atoms with E-state index in [2.05, 4.69) is 9.97 Å². The third-order valence-electron chi connectivity index (χ3n) is 2.94. The second-order valence-corrected chi connectivity index (χ2v) is 5.68. The van der Waals surface area contributed by atoms with Crippen LogP contribution in [-0.4, -0.2) is 49.8 Å². The highest BCUT2D eigenvalue weighted by Gasteiger charge is 2.17. The van der Waals surface area contributed by atoms with Crippen molar-refractivity contribution in [2.24, 2.45) is 7.05 Å². The van der Waals surface area contributed by atoms with Gasteiger partial charge in [0.05, 0.1) is 12.7 Å². The molecule has 8 nitrogen and oxygen atoms in total. The number of imidazole rings is 1. The van der Waals surface area contributed by atoms with E-state index in [0.29, 0.717) is 35.2 Å². The Morgan fingerprint density at radius 2 is 2.19 bits per heavy atom. The highest BCUT2D eigenvalue weighted by molar-refractivity contribution is 7.99. The summed E-state index contributed by atoms with van der Waals surface area (Å²) in [6.45, 7) is 2.53. The van der Waals surface area contributed by atoms with Gasteiger partial charge in [0.2, 0.25) is 0 Å². The van der Waals surface area contributed by atoms with E-state index in [1.54, 1.807) is 25.6 Å². The second kappa shape index (κ2) is 6.46. The Kier molecular flexibility index (Phi) is 4.86. The molecule has 0 aliphatic carbocycles. The van der Waals surface area contributed by atoms with Crippen LogP contribution in [0.2, 0.25) is 0 Å². The van der Waals surface area contributed by atoms with E-state index >= 15 is 0 Å². The lowest BCUT2D eigenvalue weighted by atomic mass is 10.5. The highest BCUT2D eigenvalue weighted by Crippen LogP contribution is 2.22. The highest BCUT2D eigenvalue weighted by atomic mass is 32.2. The van der Waals surface area contributed by atoms with Crippen LogP contribution in [0, 0.1) is 0 Å². The van der Waals surface area contributed by atoms with Crippen molar-refractivity contribution in [3.8, 4) is 0 Å². The molecule has 0 aromatic carbocycles. The van der Waals surface area contributed by atoms with Crippen molar-refractivity contribution in [3.05, 3.63) is 20.8 Å². The van der Waals surface area contributed by atoms with E-state index in [4.69, 9.17) is 4.74 Å². The monoisotopic (exact) mass is 314 g/mol. The van der Waals surface area contributed by atoms with Gasteiger partial charge in [-0.3, -0.25) is 14.3 Å². The molecule has 9 heteroatoms. The molecular formula is C12H18N4O4S. The van der Waals surface area contributed by atoms with Crippen LogP contribution in [0.4, 0.5) is 0 Å². The Morgan fingerprint density at radius 1 is 1.48 bits per heavy atom. The Labute approximate surface area is 124 Å². The van der Waals surface area contributed by atoms with E-state index in [0.717, 1.165) is 0 Å². The lowest BCUT2D eigenvalue weighted by molar-refractivity contribution is 0.186. The number of aromatic amines is 1. The number of thioether (sulfide) groups is 1. The summed E-state index contributed by atoms with van der Waals surface area (Å²) in [5, 5.41) is 9.98. The number of ether oxygens (including phenoxy) is 1. The normalized spacial score (nSPS) is 13.0. The zero-order chi connectivity index (χ0) is 15.6. The number of hydrogen-bond donors (Lipinski definition) is 2. The van der Waals surface area contributed by atoms with Gasteiger partial charge in [-0.25, -0.2) is 9.78 Å². The van der Waals surface area contributed by atoms with Crippen LogP contribution >= 0.6 is 11.8 Å². The van der Waals surface area contributed by atoms with Crippen LogP contribution in [-0.2, 0) is 18.3 Å². The van der Waals surface area contributed by atoms with Crippen LogP contribution in [0.1, 0.15) is 6.92 Å². The fourth-order valence-corrected chi connectivity index (χ4v) is 2.79. The summed E-state index contributed by atoms with van der Waals surface area (Å²) in [4.78, 5) is 30.3. The number of aliphatic hydroxyl groups is 1. The van der Waals surface area contributed by atoms with Gasteiger partial charge in [0.25, 0.3) is 5.56 Å². The molecular weight excluding hydrogens is 296 g/mol. The average Bonchev–Trinajstić information content (AvgIpc) is 2.79. The fourth-order valence-electron chi connectivity index (χ4n) is 1.91.